The molecule has 3 atom stereocenters. The van der Waals surface area contributed by atoms with Crippen molar-refractivity contribution in [2.24, 2.45) is 11.8 Å². The quantitative estimate of drug-likeness (QED) is 0.621. The van der Waals surface area contributed by atoms with Gasteiger partial charge in [0.2, 0.25) is 0 Å². The van der Waals surface area contributed by atoms with Crippen LogP contribution < -0.4 is 0 Å². The van der Waals surface area contributed by atoms with Gasteiger partial charge in [-0.15, -0.1) is 0 Å². The van der Waals surface area contributed by atoms with Crippen molar-refractivity contribution in [1.29, 1.82) is 0 Å². The minimum Gasteiger partial charge on any atom is -0.387 e. The molecule has 2 heteroatoms. The minimum atomic E-state index is -0.409. The topological polar surface area (TPSA) is 23.5 Å². The molecule has 5 rings (SSSR count). The highest BCUT2D eigenvalue weighted by molar-refractivity contribution is 6.07. The SMILES string of the molecule is OC(CN1CCC2CCCCC2C1)c1ccc2ccc3ccccc3c2c1. The molecule has 3 aromatic rings. The molecular weight excluding hydrogens is 330 g/mol. The molecule has 27 heavy (non-hydrogen) atoms. The molecule has 2 nitrogen and oxygen atoms in total. The molecule has 0 spiro atoms. The van der Waals surface area contributed by atoms with Gasteiger partial charge in [0, 0.05) is 13.1 Å². The Bertz CT molecular complexity index is 949. The number of hydrogen-bond donors (Lipinski definition) is 1. The van der Waals surface area contributed by atoms with Gasteiger partial charge in [0.05, 0.1) is 6.10 Å². The number of fused-ring (bicyclic) bond motifs is 4. The van der Waals surface area contributed by atoms with E-state index in [0.29, 0.717) is 0 Å². The lowest BCUT2D eigenvalue weighted by molar-refractivity contribution is 0.0460. The predicted molar refractivity (Wildman–Crippen MR) is 113 cm³/mol. The average molecular weight is 360 g/mol. The molecule has 0 bridgehead atoms. The zero-order valence-corrected chi connectivity index (χ0v) is 16.0. The van der Waals surface area contributed by atoms with Crippen molar-refractivity contribution < 1.29 is 5.11 Å². The summed E-state index contributed by atoms with van der Waals surface area (Å²) >= 11 is 0. The van der Waals surface area contributed by atoms with Crippen molar-refractivity contribution in [3.05, 3.63) is 60.2 Å². The number of aliphatic hydroxyl groups is 1. The summed E-state index contributed by atoms with van der Waals surface area (Å²) in [6.45, 7) is 3.09. The van der Waals surface area contributed by atoms with Crippen molar-refractivity contribution in [3.8, 4) is 0 Å². The summed E-state index contributed by atoms with van der Waals surface area (Å²) in [5.41, 5.74) is 1.05. The highest BCUT2D eigenvalue weighted by Gasteiger charge is 2.31. The largest absolute Gasteiger partial charge is 0.387 e. The zero-order valence-electron chi connectivity index (χ0n) is 16.0. The van der Waals surface area contributed by atoms with Gasteiger partial charge in [0.15, 0.2) is 0 Å². The van der Waals surface area contributed by atoms with Crippen LogP contribution >= 0.6 is 0 Å². The molecule has 1 saturated carbocycles. The molecule has 1 N–H and O–H groups in total. The molecule has 0 radical (unpaired) electrons. The molecule has 1 heterocycles. The normalized spacial score (nSPS) is 24.8. The molecule has 2 aliphatic rings. The first-order chi connectivity index (χ1) is 13.3. The molecule has 140 valence electrons. The second-order valence-electron chi connectivity index (χ2n) is 8.64. The molecule has 1 aliphatic carbocycles. The Morgan fingerprint density at radius 1 is 0.852 bits per heavy atom. The van der Waals surface area contributed by atoms with Gasteiger partial charge >= 0.3 is 0 Å². The summed E-state index contributed by atoms with van der Waals surface area (Å²) in [5.74, 6) is 1.81. The molecule has 0 aromatic heterocycles. The highest BCUT2D eigenvalue weighted by Crippen LogP contribution is 2.36. The van der Waals surface area contributed by atoms with Crippen LogP contribution in [0.25, 0.3) is 21.5 Å². The average Bonchev–Trinajstić information content (AvgIpc) is 2.73. The van der Waals surface area contributed by atoms with Gasteiger partial charge in [0.25, 0.3) is 0 Å². The number of nitrogens with zero attached hydrogens (tertiary/aromatic N) is 1. The van der Waals surface area contributed by atoms with Crippen molar-refractivity contribution in [1.82, 2.24) is 4.90 Å². The van der Waals surface area contributed by atoms with E-state index in [1.54, 1.807) is 0 Å². The van der Waals surface area contributed by atoms with Gasteiger partial charge in [-0.1, -0.05) is 67.8 Å². The number of likely N-dealkylation sites (tertiary alicyclic amines) is 1. The van der Waals surface area contributed by atoms with Crippen LogP contribution in [0.15, 0.2) is 54.6 Å². The van der Waals surface area contributed by atoms with E-state index in [2.05, 4.69) is 59.5 Å². The summed E-state index contributed by atoms with van der Waals surface area (Å²) in [6, 6.07) is 19.4. The summed E-state index contributed by atoms with van der Waals surface area (Å²) in [6.07, 6.45) is 6.55. The number of piperidine rings is 1. The van der Waals surface area contributed by atoms with Crippen LogP contribution in [0.1, 0.15) is 43.8 Å². The van der Waals surface area contributed by atoms with E-state index in [1.165, 1.54) is 60.2 Å². The molecule has 1 saturated heterocycles. The monoisotopic (exact) mass is 359 g/mol. The van der Waals surface area contributed by atoms with E-state index < -0.39 is 6.10 Å². The summed E-state index contributed by atoms with van der Waals surface area (Å²) in [4.78, 5) is 2.50. The highest BCUT2D eigenvalue weighted by atomic mass is 16.3. The molecule has 2 fully saturated rings. The number of rotatable bonds is 3. The molecule has 0 amide bonds. The van der Waals surface area contributed by atoms with Gasteiger partial charge in [-0.3, -0.25) is 0 Å². The predicted octanol–water partition coefficient (Wildman–Crippen LogP) is 5.54. The summed E-state index contributed by atoms with van der Waals surface area (Å²) < 4.78 is 0. The lowest BCUT2D eigenvalue weighted by Crippen LogP contribution is -2.43. The second kappa shape index (κ2) is 7.26. The Kier molecular flexibility index (Phi) is 4.63. The fourth-order valence-electron chi connectivity index (χ4n) is 5.42. The molecule has 1 aliphatic heterocycles. The van der Waals surface area contributed by atoms with Crippen LogP contribution in [0, 0.1) is 11.8 Å². The number of benzene rings is 3. The fourth-order valence-corrected chi connectivity index (χ4v) is 5.42. The van der Waals surface area contributed by atoms with E-state index in [0.717, 1.165) is 30.5 Å². The van der Waals surface area contributed by atoms with Crippen molar-refractivity contribution in [2.45, 2.75) is 38.2 Å². The molecule has 3 aromatic carbocycles. The van der Waals surface area contributed by atoms with E-state index in [4.69, 9.17) is 0 Å². The van der Waals surface area contributed by atoms with Crippen LogP contribution in [0.2, 0.25) is 0 Å². The number of β-amino-alcohol motifs (C(OH)–C–C–N with tert-alkyl or cyclic N) is 1. The lowest BCUT2D eigenvalue weighted by Gasteiger charge is -2.41. The third-order valence-electron chi connectivity index (χ3n) is 6.96. The maximum atomic E-state index is 11.0. The lowest BCUT2D eigenvalue weighted by atomic mass is 9.75. The Morgan fingerprint density at radius 2 is 1.59 bits per heavy atom. The van der Waals surface area contributed by atoms with E-state index >= 15 is 0 Å². The van der Waals surface area contributed by atoms with Gasteiger partial charge < -0.3 is 10.0 Å². The summed E-state index contributed by atoms with van der Waals surface area (Å²) in [7, 11) is 0. The van der Waals surface area contributed by atoms with E-state index in [9.17, 15) is 5.11 Å². The Hall–Kier alpha value is -1.90. The molecular formula is C25H29NO. The van der Waals surface area contributed by atoms with Crippen molar-refractivity contribution in [3.63, 3.8) is 0 Å². The Morgan fingerprint density at radius 3 is 2.48 bits per heavy atom. The minimum absolute atomic E-state index is 0.409. The van der Waals surface area contributed by atoms with Crippen molar-refractivity contribution in [2.75, 3.05) is 19.6 Å². The van der Waals surface area contributed by atoms with Crippen molar-refractivity contribution >= 4 is 21.5 Å². The second-order valence-corrected chi connectivity index (χ2v) is 8.64. The van der Waals surface area contributed by atoms with E-state index in [-0.39, 0.29) is 0 Å². The van der Waals surface area contributed by atoms with Gasteiger partial charge in [-0.2, -0.15) is 0 Å². The first-order valence-corrected chi connectivity index (χ1v) is 10.6. The first kappa shape index (κ1) is 17.2. The van der Waals surface area contributed by atoms with Crippen LogP contribution in [-0.4, -0.2) is 29.6 Å². The van der Waals surface area contributed by atoms with E-state index in [1.807, 2.05) is 0 Å². The number of hydrogen-bond acceptors (Lipinski definition) is 2. The summed E-state index contributed by atoms with van der Waals surface area (Å²) in [5, 5.41) is 16.0. The first-order valence-electron chi connectivity index (χ1n) is 10.6. The molecule has 3 unspecified atom stereocenters. The van der Waals surface area contributed by atoms with Crippen LogP contribution in [0.3, 0.4) is 0 Å². The van der Waals surface area contributed by atoms with Crippen LogP contribution in [0.5, 0.6) is 0 Å². The van der Waals surface area contributed by atoms with Gasteiger partial charge in [-0.25, -0.2) is 0 Å². The standard InChI is InChI=1S/C25H29NO/c27-25(17-26-14-13-18-5-1-2-7-22(18)16-26)21-12-11-20-10-9-19-6-3-4-8-23(19)24(20)15-21/h3-4,6,8-12,15,18,22,25,27H,1-2,5,7,13-14,16-17H2. The Labute approximate surface area is 161 Å². The maximum absolute atomic E-state index is 11.0. The number of aliphatic hydroxyl groups excluding tert-OH is 1. The maximum Gasteiger partial charge on any atom is 0.0917 e. The Balaban J connectivity index is 1.37. The van der Waals surface area contributed by atoms with Gasteiger partial charge in [-0.05, 0) is 64.4 Å². The van der Waals surface area contributed by atoms with Crippen LogP contribution in [0.4, 0.5) is 0 Å². The van der Waals surface area contributed by atoms with Crippen LogP contribution in [-0.2, 0) is 0 Å². The van der Waals surface area contributed by atoms with Gasteiger partial charge in [0.1, 0.15) is 0 Å². The smallest absolute Gasteiger partial charge is 0.0917 e. The zero-order chi connectivity index (χ0) is 18.2. The third-order valence-corrected chi connectivity index (χ3v) is 6.96. The fraction of sp³-hybridized carbons (Fsp3) is 0.440. The third kappa shape index (κ3) is 3.37.